The van der Waals surface area contributed by atoms with Gasteiger partial charge in [-0.3, -0.25) is 0 Å². The second kappa shape index (κ2) is 5.53. The molecular formula is C14H15ClFN3. The average molecular weight is 280 g/mol. The summed E-state index contributed by atoms with van der Waals surface area (Å²) in [6.45, 7) is 3.82. The van der Waals surface area contributed by atoms with E-state index in [1.807, 2.05) is 31.9 Å². The SMILES string of the molecule is Cc1cnc(Cl)nc1N(C)C(C)c1ccccc1F. The van der Waals surface area contributed by atoms with Gasteiger partial charge in [-0.1, -0.05) is 18.2 Å². The van der Waals surface area contributed by atoms with E-state index in [0.717, 1.165) is 5.56 Å². The molecule has 1 atom stereocenters. The van der Waals surface area contributed by atoms with Crippen molar-refractivity contribution in [1.29, 1.82) is 0 Å². The molecule has 2 aromatic rings. The van der Waals surface area contributed by atoms with E-state index >= 15 is 0 Å². The molecule has 5 heteroatoms. The summed E-state index contributed by atoms with van der Waals surface area (Å²) in [4.78, 5) is 10.0. The number of aryl methyl sites for hydroxylation is 1. The molecule has 1 aromatic heterocycles. The van der Waals surface area contributed by atoms with Crippen LogP contribution in [0.25, 0.3) is 0 Å². The van der Waals surface area contributed by atoms with E-state index < -0.39 is 0 Å². The van der Waals surface area contributed by atoms with Crippen LogP contribution in [0.3, 0.4) is 0 Å². The van der Waals surface area contributed by atoms with E-state index in [0.29, 0.717) is 11.4 Å². The molecule has 0 aliphatic heterocycles. The Bertz CT molecular complexity index is 589. The Morgan fingerprint density at radius 1 is 1.32 bits per heavy atom. The number of rotatable bonds is 3. The summed E-state index contributed by atoms with van der Waals surface area (Å²) in [7, 11) is 1.86. The van der Waals surface area contributed by atoms with Crippen molar-refractivity contribution >= 4 is 17.4 Å². The first-order chi connectivity index (χ1) is 9.00. The number of hydrogen-bond acceptors (Lipinski definition) is 3. The summed E-state index contributed by atoms with van der Waals surface area (Å²) < 4.78 is 13.8. The minimum Gasteiger partial charge on any atom is -0.352 e. The number of nitrogens with zero attached hydrogens (tertiary/aromatic N) is 3. The lowest BCUT2D eigenvalue weighted by Crippen LogP contribution is -2.24. The minimum atomic E-state index is -0.223. The van der Waals surface area contributed by atoms with E-state index in [1.54, 1.807) is 18.3 Å². The second-order valence-corrected chi connectivity index (χ2v) is 4.79. The van der Waals surface area contributed by atoms with Gasteiger partial charge in [0.05, 0.1) is 6.04 Å². The lowest BCUT2D eigenvalue weighted by atomic mass is 10.1. The van der Waals surface area contributed by atoms with Gasteiger partial charge >= 0.3 is 0 Å². The van der Waals surface area contributed by atoms with Crippen LogP contribution in [0.15, 0.2) is 30.5 Å². The third-order valence-electron chi connectivity index (χ3n) is 3.19. The zero-order valence-electron chi connectivity index (χ0n) is 11.1. The van der Waals surface area contributed by atoms with Gasteiger partial charge in [-0.15, -0.1) is 0 Å². The molecule has 0 saturated carbocycles. The van der Waals surface area contributed by atoms with Crippen LogP contribution in [0.2, 0.25) is 5.28 Å². The van der Waals surface area contributed by atoms with Gasteiger partial charge in [-0.25, -0.2) is 14.4 Å². The predicted octanol–water partition coefficient (Wildman–Crippen LogP) is 3.77. The standard InChI is InChI=1S/C14H15ClFN3/c1-9-8-17-14(15)18-13(9)19(3)10(2)11-6-4-5-7-12(11)16/h4-8,10H,1-3H3. The Balaban J connectivity index is 2.36. The highest BCUT2D eigenvalue weighted by atomic mass is 35.5. The van der Waals surface area contributed by atoms with Gasteiger partial charge in [0.25, 0.3) is 0 Å². The quantitative estimate of drug-likeness (QED) is 0.801. The molecule has 0 amide bonds. The molecular weight excluding hydrogens is 265 g/mol. The highest BCUT2D eigenvalue weighted by molar-refractivity contribution is 6.28. The van der Waals surface area contributed by atoms with Gasteiger partial charge in [0.2, 0.25) is 5.28 Å². The molecule has 1 aromatic carbocycles. The zero-order chi connectivity index (χ0) is 14.0. The minimum absolute atomic E-state index is 0.147. The van der Waals surface area contributed by atoms with E-state index in [4.69, 9.17) is 11.6 Å². The Hall–Kier alpha value is -1.68. The van der Waals surface area contributed by atoms with Crippen molar-refractivity contribution in [1.82, 2.24) is 9.97 Å². The summed E-state index contributed by atoms with van der Waals surface area (Å²) in [6, 6.07) is 6.58. The Morgan fingerprint density at radius 2 is 2.00 bits per heavy atom. The summed E-state index contributed by atoms with van der Waals surface area (Å²) in [5, 5.41) is 0.188. The van der Waals surface area contributed by atoms with Crippen LogP contribution in [0.1, 0.15) is 24.1 Å². The molecule has 1 unspecified atom stereocenters. The zero-order valence-corrected chi connectivity index (χ0v) is 11.8. The van der Waals surface area contributed by atoms with E-state index in [-0.39, 0.29) is 17.1 Å². The van der Waals surface area contributed by atoms with E-state index in [9.17, 15) is 4.39 Å². The molecule has 0 N–H and O–H groups in total. The predicted molar refractivity (Wildman–Crippen MR) is 75.0 cm³/mol. The molecule has 0 bridgehead atoms. The Morgan fingerprint density at radius 3 is 2.68 bits per heavy atom. The third-order valence-corrected chi connectivity index (χ3v) is 3.37. The van der Waals surface area contributed by atoms with Crippen LogP contribution < -0.4 is 4.90 Å². The normalized spacial score (nSPS) is 12.3. The average Bonchev–Trinajstić information content (AvgIpc) is 2.40. The molecule has 0 spiro atoms. The van der Waals surface area contributed by atoms with Crippen molar-refractivity contribution in [3.05, 3.63) is 52.7 Å². The molecule has 0 saturated heterocycles. The number of anilines is 1. The second-order valence-electron chi connectivity index (χ2n) is 4.45. The van der Waals surface area contributed by atoms with Crippen LogP contribution in [0.5, 0.6) is 0 Å². The maximum atomic E-state index is 13.8. The van der Waals surface area contributed by atoms with Gasteiger partial charge in [0.15, 0.2) is 0 Å². The molecule has 0 fully saturated rings. The van der Waals surface area contributed by atoms with Crippen molar-refractivity contribution in [3.63, 3.8) is 0 Å². The molecule has 2 rings (SSSR count). The summed E-state index contributed by atoms with van der Waals surface area (Å²) in [6.07, 6.45) is 1.66. The fourth-order valence-corrected chi connectivity index (χ4v) is 2.10. The maximum absolute atomic E-state index is 13.8. The van der Waals surface area contributed by atoms with Crippen molar-refractivity contribution in [2.75, 3.05) is 11.9 Å². The highest BCUT2D eigenvalue weighted by Crippen LogP contribution is 2.27. The summed E-state index contributed by atoms with van der Waals surface area (Å²) in [5.41, 5.74) is 1.52. The molecule has 100 valence electrons. The van der Waals surface area contributed by atoms with Crippen molar-refractivity contribution in [3.8, 4) is 0 Å². The van der Waals surface area contributed by atoms with Crippen LogP contribution in [-0.4, -0.2) is 17.0 Å². The number of benzene rings is 1. The molecule has 0 radical (unpaired) electrons. The number of aromatic nitrogens is 2. The largest absolute Gasteiger partial charge is 0.352 e. The van der Waals surface area contributed by atoms with Crippen LogP contribution in [0.4, 0.5) is 10.2 Å². The highest BCUT2D eigenvalue weighted by Gasteiger charge is 2.18. The molecule has 19 heavy (non-hydrogen) atoms. The first kappa shape index (κ1) is 13.7. The van der Waals surface area contributed by atoms with Crippen LogP contribution >= 0.6 is 11.6 Å². The monoisotopic (exact) mass is 279 g/mol. The van der Waals surface area contributed by atoms with Gasteiger partial charge in [-0.2, -0.15) is 0 Å². The molecule has 1 heterocycles. The van der Waals surface area contributed by atoms with Crippen LogP contribution in [-0.2, 0) is 0 Å². The maximum Gasteiger partial charge on any atom is 0.224 e. The number of halogens is 2. The van der Waals surface area contributed by atoms with E-state index in [1.165, 1.54) is 6.07 Å². The molecule has 0 aliphatic carbocycles. The van der Waals surface area contributed by atoms with Gasteiger partial charge < -0.3 is 4.90 Å². The third kappa shape index (κ3) is 2.84. The van der Waals surface area contributed by atoms with Crippen molar-refractivity contribution < 1.29 is 4.39 Å². The fraction of sp³-hybridized carbons (Fsp3) is 0.286. The first-order valence-electron chi connectivity index (χ1n) is 5.97. The smallest absolute Gasteiger partial charge is 0.224 e. The van der Waals surface area contributed by atoms with Crippen LogP contribution in [0, 0.1) is 12.7 Å². The van der Waals surface area contributed by atoms with E-state index in [2.05, 4.69) is 9.97 Å². The summed E-state index contributed by atoms with van der Waals surface area (Å²) in [5.74, 6) is 0.482. The van der Waals surface area contributed by atoms with Gasteiger partial charge in [0.1, 0.15) is 11.6 Å². The van der Waals surface area contributed by atoms with Crippen molar-refractivity contribution in [2.24, 2.45) is 0 Å². The Kier molecular flexibility index (Phi) is 4.00. The molecule has 0 aliphatic rings. The number of hydrogen-bond donors (Lipinski definition) is 0. The lowest BCUT2D eigenvalue weighted by molar-refractivity contribution is 0.583. The topological polar surface area (TPSA) is 29.0 Å². The molecule has 3 nitrogen and oxygen atoms in total. The van der Waals surface area contributed by atoms with Crippen molar-refractivity contribution in [2.45, 2.75) is 19.9 Å². The fourth-order valence-electron chi connectivity index (χ4n) is 1.98. The van der Waals surface area contributed by atoms with Gasteiger partial charge in [0, 0.05) is 24.4 Å². The lowest BCUT2D eigenvalue weighted by Gasteiger charge is -2.27. The van der Waals surface area contributed by atoms with Gasteiger partial charge in [-0.05, 0) is 31.5 Å². The first-order valence-corrected chi connectivity index (χ1v) is 6.35. The summed E-state index contributed by atoms with van der Waals surface area (Å²) >= 11 is 5.82. The Labute approximate surface area is 117 Å².